The molecule has 0 aliphatic heterocycles. The quantitative estimate of drug-likeness (QED) is 0.0229. The first-order chi connectivity index (χ1) is 24.5. The molecule has 0 aliphatic rings. The average Bonchev–Trinajstić information content (AvgIpc) is 3.07. The second kappa shape index (κ2) is 33.5. The third-order valence-corrected chi connectivity index (χ3v) is 8.80. The molecule has 0 radical (unpaired) electrons. The molecule has 9 nitrogen and oxygen atoms in total. The lowest BCUT2D eigenvalue weighted by atomic mass is 10.1. The van der Waals surface area contributed by atoms with Crippen LogP contribution in [0.2, 0.25) is 0 Å². The Hall–Kier alpha value is -2.29. The number of rotatable bonds is 34. The van der Waals surface area contributed by atoms with Gasteiger partial charge in [0.05, 0.1) is 27.7 Å². The zero-order chi connectivity index (χ0) is 37.9. The number of carbonyl (C=O) groups is 2. The van der Waals surface area contributed by atoms with E-state index >= 15 is 0 Å². The van der Waals surface area contributed by atoms with Crippen molar-refractivity contribution in [3.05, 3.63) is 60.8 Å². The molecular formula is C41H73NO8P+. The molecule has 1 N–H and O–H groups in total. The van der Waals surface area contributed by atoms with Crippen molar-refractivity contribution in [1.29, 1.82) is 0 Å². The van der Waals surface area contributed by atoms with E-state index in [-0.39, 0.29) is 26.1 Å². The standard InChI is InChI=1S/C41H72NO8P/c1-6-8-10-12-14-16-17-18-19-20-21-22-23-24-25-26-28-29-31-33-40(43)47-37-39(38-49-51(45,46)48-36-35-42(3,4)5)50-41(44)34-32-30-27-15-13-11-9-7-2/h8,10,14,16,18-19,21-22,24-25,39H,6-7,9,11-13,15,17,20,23,26-38H2,1-5H3/p+1/b10-8+,16-14+,19-18+,22-21+,25-24+/t39-/m0/s1. The predicted molar refractivity (Wildman–Crippen MR) is 210 cm³/mol. The SMILES string of the molecule is CC/C=C/C/C=C/C/C=C/C/C=C/C/C=C/CCCCCC(=O)OC[C@@H](COP(=O)(O)OCC[N+](C)(C)C)OC(=O)CCCCCCCCCC. The monoisotopic (exact) mass is 739 g/mol. The number of allylic oxidation sites excluding steroid dienone is 10. The van der Waals surface area contributed by atoms with Gasteiger partial charge >= 0.3 is 19.8 Å². The van der Waals surface area contributed by atoms with Crippen LogP contribution in [-0.4, -0.2) is 74.9 Å². The van der Waals surface area contributed by atoms with Gasteiger partial charge in [0.1, 0.15) is 19.8 Å². The molecule has 0 aromatic heterocycles. The summed E-state index contributed by atoms with van der Waals surface area (Å²) in [7, 11) is 1.45. The summed E-state index contributed by atoms with van der Waals surface area (Å²) in [6.07, 6.45) is 38.5. The average molecular weight is 739 g/mol. The molecule has 0 bridgehead atoms. The first-order valence-corrected chi connectivity index (χ1v) is 21.0. The molecule has 51 heavy (non-hydrogen) atoms. The minimum atomic E-state index is -4.37. The number of nitrogens with zero attached hydrogens (tertiary/aromatic N) is 1. The van der Waals surface area contributed by atoms with Crippen LogP contribution in [0.3, 0.4) is 0 Å². The van der Waals surface area contributed by atoms with Crippen LogP contribution in [0.1, 0.15) is 136 Å². The zero-order valence-corrected chi connectivity index (χ0v) is 33.7. The van der Waals surface area contributed by atoms with E-state index in [1.807, 2.05) is 21.1 Å². The third-order valence-electron chi connectivity index (χ3n) is 7.81. The van der Waals surface area contributed by atoms with E-state index in [2.05, 4.69) is 74.6 Å². The van der Waals surface area contributed by atoms with Crippen molar-refractivity contribution >= 4 is 19.8 Å². The molecular weight excluding hydrogens is 665 g/mol. The van der Waals surface area contributed by atoms with Gasteiger partial charge < -0.3 is 18.9 Å². The molecule has 0 aromatic carbocycles. The van der Waals surface area contributed by atoms with Gasteiger partial charge in [-0.25, -0.2) is 4.57 Å². The molecule has 0 saturated heterocycles. The highest BCUT2D eigenvalue weighted by molar-refractivity contribution is 7.47. The van der Waals surface area contributed by atoms with Crippen LogP contribution in [0.4, 0.5) is 0 Å². The maximum atomic E-state index is 12.5. The van der Waals surface area contributed by atoms with Crippen LogP contribution in [-0.2, 0) is 32.7 Å². The Balaban J connectivity index is 4.41. The summed E-state index contributed by atoms with van der Waals surface area (Å²) in [5.74, 6) is -0.847. The molecule has 0 heterocycles. The fourth-order valence-electron chi connectivity index (χ4n) is 4.74. The Morgan fingerprint density at radius 2 is 1.12 bits per heavy atom. The number of quaternary nitrogens is 1. The maximum Gasteiger partial charge on any atom is 0.472 e. The van der Waals surface area contributed by atoms with Crippen molar-refractivity contribution in [2.45, 2.75) is 142 Å². The highest BCUT2D eigenvalue weighted by atomic mass is 31.2. The van der Waals surface area contributed by atoms with Crippen LogP contribution in [0.25, 0.3) is 0 Å². The van der Waals surface area contributed by atoms with Crippen LogP contribution in [0.15, 0.2) is 60.8 Å². The topological polar surface area (TPSA) is 108 Å². The zero-order valence-electron chi connectivity index (χ0n) is 32.8. The molecule has 1 unspecified atom stereocenters. The third kappa shape index (κ3) is 37.3. The predicted octanol–water partition coefficient (Wildman–Crippen LogP) is 10.5. The summed E-state index contributed by atoms with van der Waals surface area (Å²) in [4.78, 5) is 35.1. The summed E-state index contributed by atoms with van der Waals surface area (Å²) in [6.45, 7) is 4.20. The smallest absolute Gasteiger partial charge is 0.462 e. The molecule has 0 saturated carbocycles. The van der Waals surface area contributed by atoms with Crippen molar-refractivity contribution in [2.75, 3.05) is 47.5 Å². The second-order valence-electron chi connectivity index (χ2n) is 13.9. The van der Waals surface area contributed by atoms with Crippen molar-refractivity contribution < 1.29 is 42.1 Å². The van der Waals surface area contributed by atoms with Gasteiger partial charge in [0.25, 0.3) is 0 Å². The molecule has 0 aliphatic carbocycles. The van der Waals surface area contributed by atoms with Gasteiger partial charge in [0.2, 0.25) is 0 Å². The van der Waals surface area contributed by atoms with E-state index in [0.717, 1.165) is 70.6 Å². The number of phosphoric ester groups is 1. The lowest BCUT2D eigenvalue weighted by molar-refractivity contribution is -0.870. The Bertz CT molecular complexity index is 1060. The summed E-state index contributed by atoms with van der Waals surface area (Å²) >= 11 is 0. The van der Waals surface area contributed by atoms with Gasteiger partial charge in [-0.05, 0) is 57.8 Å². The first-order valence-electron chi connectivity index (χ1n) is 19.5. The van der Waals surface area contributed by atoms with Crippen molar-refractivity contribution in [3.63, 3.8) is 0 Å². The van der Waals surface area contributed by atoms with Crippen LogP contribution < -0.4 is 0 Å². The lowest BCUT2D eigenvalue weighted by Crippen LogP contribution is -2.37. The van der Waals surface area contributed by atoms with Gasteiger partial charge in [0.15, 0.2) is 6.10 Å². The van der Waals surface area contributed by atoms with E-state index in [9.17, 15) is 19.0 Å². The van der Waals surface area contributed by atoms with Crippen LogP contribution in [0.5, 0.6) is 0 Å². The molecule has 294 valence electrons. The normalized spacial score (nSPS) is 14.4. The van der Waals surface area contributed by atoms with Crippen molar-refractivity contribution in [2.24, 2.45) is 0 Å². The summed E-state index contributed by atoms with van der Waals surface area (Å²) in [5.41, 5.74) is 0. The van der Waals surface area contributed by atoms with E-state index in [1.165, 1.54) is 25.7 Å². The Morgan fingerprint density at radius 3 is 1.67 bits per heavy atom. The largest absolute Gasteiger partial charge is 0.472 e. The summed E-state index contributed by atoms with van der Waals surface area (Å²) in [5, 5.41) is 0. The summed E-state index contributed by atoms with van der Waals surface area (Å²) in [6, 6.07) is 0. The molecule has 2 atom stereocenters. The van der Waals surface area contributed by atoms with E-state index in [4.69, 9.17) is 18.5 Å². The number of esters is 2. The lowest BCUT2D eigenvalue weighted by Gasteiger charge is -2.24. The number of carbonyl (C=O) groups excluding carboxylic acids is 2. The van der Waals surface area contributed by atoms with Gasteiger partial charge in [-0.2, -0.15) is 0 Å². The van der Waals surface area contributed by atoms with Gasteiger partial charge in [-0.1, -0.05) is 126 Å². The molecule has 10 heteroatoms. The highest BCUT2D eigenvalue weighted by Gasteiger charge is 2.27. The number of hydrogen-bond donors (Lipinski definition) is 1. The van der Waals surface area contributed by atoms with Gasteiger partial charge in [-0.15, -0.1) is 0 Å². The fraction of sp³-hybridized carbons (Fsp3) is 0.707. The van der Waals surface area contributed by atoms with Crippen molar-refractivity contribution in [1.82, 2.24) is 0 Å². The number of likely N-dealkylation sites (N-methyl/N-ethyl adjacent to an activating group) is 1. The first kappa shape index (κ1) is 48.7. The Labute approximate surface area is 311 Å². The van der Waals surface area contributed by atoms with Crippen molar-refractivity contribution in [3.8, 4) is 0 Å². The summed E-state index contributed by atoms with van der Waals surface area (Å²) < 4.78 is 34.0. The Kier molecular flexibility index (Phi) is 32.0. The minimum Gasteiger partial charge on any atom is -0.462 e. The second-order valence-corrected chi connectivity index (χ2v) is 15.4. The molecule has 0 aromatic rings. The molecule has 0 rings (SSSR count). The van der Waals surface area contributed by atoms with Crippen LogP contribution in [0, 0.1) is 0 Å². The highest BCUT2D eigenvalue weighted by Crippen LogP contribution is 2.43. The van der Waals surface area contributed by atoms with E-state index in [0.29, 0.717) is 23.9 Å². The van der Waals surface area contributed by atoms with Crippen LogP contribution >= 0.6 is 7.82 Å². The molecule has 0 amide bonds. The number of unbranched alkanes of at least 4 members (excludes halogenated alkanes) is 10. The Morgan fingerprint density at radius 1 is 0.627 bits per heavy atom. The minimum absolute atomic E-state index is 0.0240. The van der Waals surface area contributed by atoms with E-state index in [1.54, 1.807) is 0 Å². The number of phosphoric acid groups is 1. The fourth-order valence-corrected chi connectivity index (χ4v) is 5.49. The molecule has 0 fully saturated rings. The van der Waals surface area contributed by atoms with Gasteiger partial charge in [-0.3, -0.25) is 18.6 Å². The number of ether oxygens (including phenoxy) is 2. The maximum absolute atomic E-state index is 12.5. The number of hydrogen-bond acceptors (Lipinski definition) is 7. The molecule has 0 spiro atoms. The van der Waals surface area contributed by atoms with Gasteiger partial charge in [0, 0.05) is 12.8 Å². The van der Waals surface area contributed by atoms with E-state index < -0.39 is 32.5 Å².